The van der Waals surface area contributed by atoms with E-state index in [4.69, 9.17) is 5.11 Å². The molecule has 0 aromatic rings. The lowest BCUT2D eigenvalue weighted by Gasteiger charge is -2.50. The van der Waals surface area contributed by atoms with E-state index >= 15 is 0 Å². The Hall–Kier alpha value is -0.160. The molecule has 4 heteroatoms. The van der Waals surface area contributed by atoms with Gasteiger partial charge in [0.05, 0.1) is 18.3 Å². The fourth-order valence-corrected chi connectivity index (χ4v) is 1.65. The van der Waals surface area contributed by atoms with E-state index in [1.54, 1.807) is 6.92 Å². The number of aliphatic hydroxyl groups excluding tert-OH is 2. The predicted molar refractivity (Wildman–Crippen MR) is 53.9 cm³/mol. The number of hydrogen-bond acceptors (Lipinski definition) is 4. The molecule has 0 aliphatic heterocycles. The van der Waals surface area contributed by atoms with E-state index in [1.165, 1.54) is 0 Å². The maximum absolute atomic E-state index is 9.55. The molecule has 0 aromatic carbocycles. The Kier molecular flexibility index (Phi) is 3.21. The molecule has 14 heavy (non-hydrogen) atoms. The van der Waals surface area contributed by atoms with E-state index in [0.717, 1.165) is 0 Å². The van der Waals surface area contributed by atoms with Gasteiger partial charge in [-0.3, -0.25) is 0 Å². The van der Waals surface area contributed by atoms with Gasteiger partial charge in [-0.05, 0) is 13.3 Å². The van der Waals surface area contributed by atoms with Gasteiger partial charge in [0.2, 0.25) is 0 Å². The third-order valence-electron chi connectivity index (χ3n) is 3.29. The topological polar surface area (TPSA) is 72.7 Å². The smallest absolute Gasteiger partial charge is 0.0972 e. The summed E-state index contributed by atoms with van der Waals surface area (Å²) in [5.74, 6) is 0. The molecular weight excluding hydrogens is 182 g/mol. The van der Waals surface area contributed by atoms with Gasteiger partial charge in [-0.15, -0.1) is 0 Å². The lowest BCUT2D eigenvalue weighted by Crippen LogP contribution is -2.62. The van der Waals surface area contributed by atoms with Crippen molar-refractivity contribution >= 4 is 0 Å². The van der Waals surface area contributed by atoms with Gasteiger partial charge in [-0.1, -0.05) is 13.8 Å². The van der Waals surface area contributed by atoms with Crippen LogP contribution in [0.15, 0.2) is 0 Å². The van der Waals surface area contributed by atoms with Crippen LogP contribution in [0.25, 0.3) is 0 Å². The number of aliphatic hydroxyl groups is 3. The predicted octanol–water partition coefficient (Wildman–Crippen LogP) is -0.521. The third-order valence-corrected chi connectivity index (χ3v) is 3.29. The first-order valence-electron chi connectivity index (χ1n) is 5.04. The van der Waals surface area contributed by atoms with E-state index in [-0.39, 0.29) is 24.2 Å². The SMILES string of the molecule is CC(O)(CO)CNC1CC(O)C1(C)C. The van der Waals surface area contributed by atoms with E-state index < -0.39 is 5.60 Å². The maximum Gasteiger partial charge on any atom is 0.0972 e. The summed E-state index contributed by atoms with van der Waals surface area (Å²) in [5, 5.41) is 31.0. The molecule has 1 aliphatic rings. The van der Waals surface area contributed by atoms with Gasteiger partial charge in [0.1, 0.15) is 0 Å². The zero-order valence-corrected chi connectivity index (χ0v) is 9.12. The molecule has 0 spiro atoms. The van der Waals surface area contributed by atoms with Crippen LogP contribution in [0.1, 0.15) is 27.2 Å². The summed E-state index contributed by atoms with van der Waals surface area (Å²) < 4.78 is 0. The zero-order chi connectivity index (χ0) is 11.0. The summed E-state index contributed by atoms with van der Waals surface area (Å²) in [7, 11) is 0. The molecule has 84 valence electrons. The summed E-state index contributed by atoms with van der Waals surface area (Å²) in [6, 6.07) is 0.218. The highest BCUT2D eigenvalue weighted by atomic mass is 16.3. The molecule has 4 N–H and O–H groups in total. The van der Waals surface area contributed by atoms with Gasteiger partial charge in [0.15, 0.2) is 0 Å². The second kappa shape index (κ2) is 3.77. The Bertz CT molecular complexity index is 204. The summed E-state index contributed by atoms with van der Waals surface area (Å²) >= 11 is 0. The molecule has 0 aromatic heterocycles. The van der Waals surface area contributed by atoms with Crippen molar-refractivity contribution in [1.29, 1.82) is 0 Å². The summed E-state index contributed by atoms with van der Waals surface area (Å²) in [6.07, 6.45) is 0.452. The highest BCUT2D eigenvalue weighted by Gasteiger charge is 2.47. The first-order valence-corrected chi connectivity index (χ1v) is 5.04. The summed E-state index contributed by atoms with van der Waals surface area (Å²) in [4.78, 5) is 0. The van der Waals surface area contributed by atoms with Crippen molar-refractivity contribution < 1.29 is 15.3 Å². The molecule has 4 nitrogen and oxygen atoms in total. The lowest BCUT2D eigenvalue weighted by molar-refractivity contribution is -0.0824. The molecule has 0 bridgehead atoms. The minimum Gasteiger partial charge on any atom is -0.393 e. The third kappa shape index (κ3) is 2.25. The van der Waals surface area contributed by atoms with Crippen molar-refractivity contribution in [2.45, 2.75) is 44.9 Å². The van der Waals surface area contributed by atoms with Gasteiger partial charge < -0.3 is 20.6 Å². The second-order valence-electron chi connectivity index (χ2n) is 5.16. The van der Waals surface area contributed by atoms with Crippen LogP contribution in [0.3, 0.4) is 0 Å². The van der Waals surface area contributed by atoms with Gasteiger partial charge in [0.25, 0.3) is 0 Å². The van der Waals surface area contributed by atoms with Crippen LogP contribution < -0.4 is 5.32 Å². The van der Waals surface area contributed by atoms with E-state index in [1.807, 2.05) is 13.8 Å². The molecule has 3 atom stereocenters. The summed E-state index contributed by atoms with van der Waals surface area (Å²) in [5.41, 5.74) is -1.21. The molecule has 0 saturated heterocycles. The Morgan fingerprint density at radius 2 is 2.07 bits per heavy atom. The molecule has 0 radical (unpaired) electrons. The molecule has 1 saturated carbocycles. The number of hydrogen-bond donors (Lipinski definition) is 4. The molecule has 1 fully saturated rings. The van der Waals surface area contributed by atoms with E-state index in [9.17, 15) is 10.2 Å². The largest absolute Gasteiger partial charge is 0.393 e. The monoisotopic (exact) mass is 203 g/mol. The quantitative estimate of drug-likeness (QED) is 0.496. The van der Waals surface area contributed by atoms with Crippen molar-refractivity contribution in [2.75, 3.05) is 13.2 Å². The molecule has 0 amide bonds. The Morgan fingerprint density at radius 3 is 2.43 bits per heavy atom. The number of rotatable bonds is 4. The first-order chi connectivity index (χ1) is 6.29. The fourth-order valence-electron chi connectivity index (χ4n) is 1.65. The average Bonchev–Trinajstić information content (AvgIpc) is 2.12. The molecule has 0 heterocycles. The van der Waals surface area contributed by atoms with Crippen LogP contribution in [0.2, 0.25) is 0 Å². The molecular formula is C10H21NO3. The Morgan fingerprint density at radius 1 is 1.50 bits per heavy atom. The lowest BCUT2D eigenvalue weighted by atomic mass is 9.64. The van der Waals surface area contributed by atoms with Crippen LogP contribution in [-0.2, 0) is 0 Å². The molecule has 1 aliphatic carbocycles. The van der Waals surface area contributed by atoms with Crippen molar-refractivity contribution in [1.82, 2.24) is 5.32 Å². The van der Waals surface area contributed by atoms with E-state index in [2.05, 4.69) is 5.32 Å². The standard InChI is InChI=1S/C10H21NO3/c1-9(2)7(4-8(9)13)11-5-10(3,14)6-12/h7-8,11-14H,4-6H2,1-3H3. The van der Waals surface area contributed by atoms with Crippen LogP contribution in [-0.4, -0.2) is 46.2 Å². The Balaban J connectivity index is 2.34. The van der Waals surface area contributed by atoms with Crippen molar-refractivity contribution in [2.24, 2.45) is 5.41 Å². The van der Waals surface area contributed by atoms with Crippen LogP contribution >= 0.6 is 0 Å². The summed E-state index contributed by atoms with van der Waals surface area (Å²) in [6.45, 7) is 5.67. The zero-order valence-electron chi connectivity index (χ0n) is 9.12. The number of nitrogens with one attached hydrogen (secondary N) is 1. The van der Waals surface area contributed by atoms with Gasteiger partial charge in [-0.25, -0.2) is 0 Å². The Labute approximate surface area is 85.0 Å². The van der Waals surface area contributed by atoms with Gasteiger partial charge in [-0.2, -0.15) is 0 Å². The second-order valence-corrected chi connectivity index (χ2v) is 5.16. The average molecular weight is 203 g/mol. The fraction of sp³-hybridized carbons (Fsp3) is 1.00. The van der Waals surface area contributed by atoms with Gasteiger partial charge >= 0.3 is 0 Å². The van der Waals surface area contributed by atoms with Gasteiger partial charge in [0, 0.05) is 18.0 Å². The van der Waals surface area contributed by atoms with Crippen LogP contribution in [0, 0.1) is 5.41 Å². The van der Waals surface area contributed by atoms with Crippen LogP contribution in [0.5, 0.6) is 0 Å². The highest BCUT2D eigenvalue weighted by Crippen LogP contribution is 2.40. The first kappa shape index (κ1) is 11.9. The minimum absolute atomic E-state index is 0.133. The van der Waals surface area contributed by atoms with Crippen molar-refractivity contribution in [3.63, 3.8) is 0 Å². The van der Waals surface area contributed by atoms with Crippen LogP contribution in [0.4, 0.5) is 0 Å². The normalized spacial score (nSPS) is 34.7. The highest BCUT2D eigenvalue weighted by molar-refractivity contribution is 5.02. The molecule has 1 rings (SSSR count). The minimum atomic E-state index is -1.07. The maximum atomic E-state index is 9.55. The van der Waals surface area contributed by atoms with Crippen molar-refractivity contribution in [3.8, 4) is 0 Å². The molecule has 3 unspecified atom stereocenters. The van der Waals surface area contributed by atoms with E-state index in [0.29, 0.717) is 13.0 Å². The van der Waals surface area contributed by atoms with Crippen molar-refractivity contribution in [3.05, 3.63) is 0 Å².